The molecule has 2 N–H and O–H groups in total. The minimum Gasteiger partial charge on any atom is -0.465 e. The van der Waals surface area contributed by atoms with Gasteiger partial charge in [-0.1, -0.05) is 12.1 Å². The molecule has 0 bridgehead atoms. The van der Waals surface area contributed by atoms with E-state index in [1.54, 1.807) is 24.3 Å². The second kappa shape index (κ2) is 4.59. The van der Waals surface area contributed by atoms with E-state index in [-0.39, 0.29) is 5.97 Å². The molecular formula is C9H11NO3. The van der Waals surface area contributed by atoms with E-state index in [0.717, 1.165) is 5.56 Å². The van der Waals surface area contributed by atoms with Crippen molar-refractivity contribution < 1.29 is 14.4 Å². The number of hydrogen-bond acceptors (Lipinski definition) is 4. The molecule has 0 spiro atoms. The van der Waals surface area contributed by atoms with E-state index in [0.29, 0.717) is 12.2 Å². The second-order valence-corrected chi connectivity index (χ2v) is 2.50. The molecule has 1 aromatic rings. The van der Waals surface area contributed by atoms with Gasteiger partial charge in [0.25, 0.3) is 0 Å². The van der Waals surface area contributed by atoms with Crippen molar-refractivity contribution >= 4 is 5.97 Å². The Kier molecular flexibility index (Phi) is 3.42. The number of carbonyl (C=O) groups excluding carboxylic acids is 1. The Bertz CT molecular complexity index is 281. The zero-order valence-corrected chi connectivity index (χ0v) is 7.32. The van der Waals surface area contributed by atoms with Crippen molar-refractivity contribution in [3.8, 4) is 0 Å². The summed E-state index contributed by atoms with van der Waals surface area (Å²) in [6.45, 7) is 0.335. The molecular weight excluding hydrogens is 170 g/mol. The van der Waals surface area contributed by atoms with Gasteiger partial charge in [0.15, 0.2) is 0 Å². The summed E-state index contributed by atoms with van der Waals surface area (Å²) in [5, 5.41) is 0. The van der Waals surface area contributed by atoms with Crippen LogP contribution in [0.25, 0.3) is 0 Å². The second-order valence-electron chi connectivity index (χ2n) is 2.50. The summed E-state index contributed by atoms with van der Waals surface area (Å²) >= 11 is 0. The Morgan fingerprint density at radius 2 is 2.00 bits per heavy atom. The molecule has 1 aromatic carbocycles. The molecule has 0 atom stereocenters. The van der Waals surface area contributed by atoms with Gasteiger partial charge in [0.1, 0.15) is 0 Å². The Labute approximate surface area is 76.2 Å². The molecule has 0 unspecified atom stereocenters. The van der Waals surface area contributed by atoms with Crippen LogP contribution in [0.4, 0.5) is 0 Å². The van der Waals surface area contributed by atoms with Crippen LogP contribution in [-0.2, 0) is 16.2 Å². The molecule has 0 heterocycles. The van der Waals surface area contributed by atoms with Gasteiger partial charge in [0.2, 0.25) is 0 Å². The Morgan fingerprint density at radius 3 is 2.46 bits per heavy atom. The molecule has 0 fully saturated rings. The third kappa shape index (κ3) is 2.54. The highest BCUT2D eigenvalue weighted by Gasteiger charge is 2.03. The SMILES string of the molecule is COC(=O)c1ccc(CON)cc1. The Morgan fingerprint density at radius 1 is 1.38 bits per heavy atom. The number of nitrogens with two attached hydrogens (primary N) is 1. The highest BCUT2D eigenvalue weighted by atomic mass is 16.6. The fourth-order valence-electron chi connectivity index (χ4n) is 0.951. The fourth-order valence-corrected chi connectivity index (χ4v) is 0.951. The minimum atomic E-state index is -0.347. The van der Waals surface area contributed by atoms with Gasteiger partial charge in [-0.2, -0.15) is 0 Å². The first-order valence-electron chi connectivity index (χ1n) is 3.77. The molecule has 0 aliphatic heterocycles. The van der Waals surface area contributed by atoms with Crippen LogP contribution in [0.2, 0.25) is 0 Å². The summed E-state index contributed by atoms with van der Waals surface area (Å²) in [5.41, 5.74) is 1.43. The third-order valence-electron chi connectivity index (χ3n) is 1.63. The van der Waals surface area contributed by atoms with Crippen LogP contribution in [0.3, 0.4) is 0 Å². The number of rotatable bonds is 3. The van der Waals surface area contributed by atoms with E-state index in [9.17, 15) is 4.79 Å². The first-order valence-corrected chi connectivity index (χ1v) is 3.77. The Hall–Kier alpha value is -1.39. The Balaban J connectivity index is 2.75. The predicted molar refractivity (Wildman–Crippen MR) is 46.8 cm³/mol. The highest BCUT2D eigenvalue weighted by molar-refractivity contribution is 5.89. The van der Waals surface area contributed by atoms with Gasteiger partial charge in [-0.05, 0) is 17.7 Å². The molecule has 4 nitrogen and oxygen atoms in total. The first kappa shape index (κ1) is 9.70. The summed E-state index contributed by atoms with van der Waals surface area (Å²) in [6, 6.07) is 6.86. The quantitative estimate of drug-likeness (QED) is 0.555. The lowest BCUT2D eigenvalue weighted by atomic mass is 10.1. The standard InChI is InChI=1S/C9H11NO3/c1-12-9(11)8-4-2-7(3-5-8)6-13-10/h2-5H,6,10H2,1H3. The largest absolute Gasteiger partial charge is 0.465 e. The molecule has 0 amide bonds. The molecule has 4 heteroatoms. The van der Waals surface area contributed by atoms with Gasteiger partial charge in [-0.25, -0.2) is 10.7 Å². The lowest BCUT2D eigenvalue weighted by Gasteiger charge is -2.01. The van der Waals surface area contributed by atoms with Crippen molar-refractivity contribution in [2.75, 3.05) is 7.11 Å². The lowest BCUT2D eigenvalue weighted by molar-refractivity contribution is 0.0600. The number of benzene rings is 1. The number of hydrogen-bond donors (Lipinski definition) is 1. The summed E-state index contributed by atoms with van der Waals surface area (Å²) in [5.74, 6) is 4.55. The van der Waals surface area contributed by atoms with E-state index >= 15 is 0 Å². The zero-order chi connectivity index (χ0) is 9.68. The van der Waals surface area contributed by atoms with Gasteiger partial charge >= 0.3 is 5.97 Å². The number of ether oxygens (including phenoxy) is 1. The highest BCUT2D eigenvalue weighted by Crippen LogP contribution is 2.05. The molecule has 0 aliphatic rings. The maximum absolute atomic E-state index is 11.0. The summed E-state index contributed by atoms with van der Waals surface area (Å²) in [6.07, 6.45) is 0. The third-order valence-corrected chi connectivity index (χ3v) is 1.63. The topological polar surface area (TPSA) is 61.5 Å². The summed E-state index contributed by atoms with van der Waals surface area (Å²) < 4.78 is 4.54. The van der Waals surface area contributed by atoms with Crippen LogP contribution in [-0.4, -0.2) is 13.1 Å². The zero-order valence-electron chi connectivity index (χ0n) is 7.32. The van der Waals surface area contributed by atoms with Crippen molar-refractivity contribution in [1.29, 1.82) is 0 Å². The van der Waals surface area contributed by atoms with Crippen molar-refractivity contribution in [2.24, 2.45) is 5.90 Å². The monoisotopic (exact) mass is 181 g/mol. The van der Waals surface area contributed by atoms with Gasteiger partial charge in [0, 0.05) is 0 Å². The van der Waals surface area contributed by atoms with Crippen LogP contribution in [0.1, 0.15) is 15.9 Å². The number of carbonyl (C=O) groups is 1. The molecule has 13 heavy (non-hydrogen) atoms. The smallest absolute Gasteiger partial charge is 0.337 e. The average Bonchev–Trinajstić information content (AvgIpc) is 2.18. The fraction of sp³-hybridized carbons (Fsp3) is 0.222. The van der Waals surface area contributed by atoms with Crippen molar-refractivity contribution in [2.45, 2.75) is 6.61 Å². The number of esters is 1. The lowest BCUT2D eigenvalue weighted by Crippen LogP contribution is -2.02. The molecule has 0 aliphatic carbocycles. The van der Waals surface area contributed by atoms with Crippen LogP contribution >= 0.6 is 0 Å². The van der Waals surface area contributed by atoms with Crippen LogP contribution in [0.15, 0.2) is 24.3 Å². The van der Waals surface area contributed by atoms with Crippen LogP contribution in [0, 0.1) is 0 Å². The van der Waals surface area contributed by atoms with Crippen molar-refractivity contribution in [3.63, 3.8) is 0 Å². The normalized spacial score (nSPS) is 9.69. The van der Waals surface area contributed by atoms with Gasteiger partial charge < -0.3 is 4.74 Å². The molecule has 1 rings (SSSR count). The molecule has 70 valence electrons. The maximum Gasteiger partial charge on any atom is 0.337 e. The maximum atomic E-state index is 11.0. The summed E-state index contributed by atoms with van der Waals surface area (Å²) in [4.78, 5) is 15.4. The van der Waals surface area contributed by atoms with E-state index in [2.05, 4.69) is 9.57 Å². The minimum absolute atomic E-state index is 0.335. The van der Waals surface area contributed by atoms with Crippen molar-refractivity contribution in [1.82, 2.24) is 0 Å². The molecule has 0 saturated heterocycles. The van der Waals surface area contributed by atoms with Gasteiger partial charge in [0.05, 0.1) is 19.3 Å². The van der Waals surface area contributed by atoms with Crippen LogP contribution < -0.4 is 5.90 Å². The van der Waals surface area contributed by atoms with E-state index in [1.807, 2.05) is 0 Å². The number of methoxy groups -OCH3 is 1. The molecule has 0 saturated carbocycles. The molecule has 0 radical (unpaired) electrons. The first-order chi connectivity index (χ1) is 6.27. The average molecular weight is 181 g/mol. The van der Waals surface area contributed by atoms with E-state index in [4.69, 9.17) is 5.90 Å². The van der Waals surface area contributed by atoms with Gasteiger partial charge in [-0.15, -0.1) is 0 Å². The van der Waals surface area contributed by atoms with Crippen molar-refractivity contribution in [3.05, 3.63) is 35.4 Å². The van der Waals surface area contributed by atoms with E-state index < -0.39 is 0 Å². The molecule has 0 aromatic heterocycles. The summed E-state index contributed by atoms with van der Waals surface area (Å²) in [7, 11) is 1.35. The van der Waals surface area contributed by atoms with Gasteiger partial charge in [-0.3, -0.25) is 4.84 Å². The predicted octanol–water partition coefficient (Wildman–Crippen LogP) is 0.864. The van der Waals surface area contributed by atoms with Crippen LogP contribution in [0.5, 0.6) is 0 Å². The van der Waals surface area contributed by atoms with E-state index in [1.165, 1.54) is 7.11 Å².